The normalized spacial score (nSPS) is 19.5. The minimum Gasteiger partial charge on any atom is -0.430 e. The molecule has 0 saturated carbocycles. The zero-order chi connectivity index (χ0) is 14.0. The highest BCUT2D eigenvalue weighted by molar-refractivity contribution is 7.12. The zero-order valence-corrected chi connectivity index (χ0v) is 11.3. The van der Waals surface area contributed by atoms with Crippen molar-refractivity contribution in [3.05, 3.63) is 39.8 Å². The van der Waals surface area contributed by atoms with Crippen LogP contribution in [0.25, 0.3) is 6.08 Å². The molecule has 0 spiro atoms. The topological polar surface area (TPSA) is 60.4 Å². The van der Waals surface area contributed by atoms with Crippen LogP contribution in [0.1, 0.15) is 16.7 Å². The molecule has 19 heavy (non-hydrogen) atoms. The Bertz CT molecular complexity index is 607. The first kappa shape index (κ1) is 13.4. The summed E-state index contributed by atoms with van der Waals surface area (Å²) < 4.78 is 4.80. The van der Waals surface area contributed by atoms with Gasteiger partial charge < -0.3 is 4.74 Å². The van der Waals surface area contributed by atoms with E-state index >= 15 is 0 Å². The van der Waals surface area contributed by atoms with Crippen LogP contribution in [0.15, 0.2) is 30.0 Å². The lowest BCUT2D eigenvalue weighted by molar-refractivity contribution is -0.151. The van der Waals surface area contributed by atoms with Gasteiger partial charge in [0.05, 0.1) is 0 Å². The Morgan fingerprint density at radius 2 is 2.05 bits per heavy atom. The second-order valence-corrected chi connectivity index (χ2v) is 5.52. The summed E-state index contributed by atoms with van der Waals surface area (Å²) >= 11 is 1.53. The first-order chi connectivity index (χ1) is 8.97. The van der Waals surface area contributed by atoms with Gasteiger partial charge in [-0.3, -0.25) is 14.4 Å². The first-order valence-corrected chi connectivity index (χ1v) is 6.51. The molecule has 1 aliphatic rings. The zero-order valence-electron chi connectivity index (χ0n) is 10.5. The van der Waals surface area contributed by atoms with Gasteiger partial charge in [0.15, 0.2) is 17.5 Å². The van der Waals surface area contributed by atoms with Crippen LogP contribution < -0.4 is 0 Å². The number of allylic oxidation sites excluding steroid dienone is 3. The third-order valence-corrected chi connectivity index (χ3v) is 3.55. The number of thiophene rings is 1. The van der Waals surface area contributed by atoms with Crippen molar-refractivity contribution >= 4 is 34.9 Å². The quantitative estimate of drug-likeness (QED) is 0.483. The molecule has 4 nitrogen and oxygen atoms in total. The fourth-order valence-corrected chi connectivity index (χ4v) is 2.49. The molecule has 1 atom stereocenters. The van der Waals surface area contributed by atoms with E-state index in [1.165, 1.54) is 30.4 Å². The third kappa shape index (κ3) is 3.06. The van der Waals surface area contributed by atoms with Crippen molar-refractivity contribution in [2.75, 3.05) is 0 Å². The van der Waals surface area contributed by atoms with Gasteiger partial charge in [0, 0.05) is 15.8 Å². The second kappa shape index (κ2) is 5.32. The molecule has 1 aliphatic heterocycles. The fourth-order valence-electron chi connectivity index (χ4n) is 1.71. The van der Waals surface area contributed by atoms with Crippen molar-refractivity contribution < 1.29 is 19.1 Å². The third-order valence-electron chi connectivity index (χ3n) is 2.58. The van der Waals surface area contributed by atoms with E-state index in [0.717, 1.165) is 9.75 Å². The summed E-state index contributed by atoms with van der Waals surface area (Å²) in [4.78, 5) is 37.1. The number of cyclic esters (lactones) is 1. The highest BCUT2D eigenvalue weighted by atomic mass is 32.1. The van der Waals surface area contributed by atoms with Gasteiger partial charge in [-0.1, -0.05) is 0 Å². The van der Waals surface area contributed by atoms with E-state index in [1.54, 1.807) is 6.08 Å². The molecule has 2 heterocycles. The maximum Gasteiger partial charge on any atom is 0.329 e. The maximum atomic E-state index is 11.9. The Morgan fingerprint density at radius 3 is 2.63 bits per heavy atom. The predicted octanol–water partition coefficient (Wildman–Crippen LogP) is 2.28. The number of carbonyl (C=O) groups excluding carboxylic acids is 3. The van der Waals surface area contributed by atoms with E-state index in [1.807, 2.05) is 19.1 Å². The van der Waals surface area contributed by atoms with Crippen LogP contribution in [0.4, 0.5) is 0 Å². The molecule has 0 bridgehead atoms. The van der Waals surface area contributed by atoms with Crippen molar-refractivity contribution in [1.82, 2.24) is 0 Å². The Labute approximate surface area is 114 Å². The lowest BCUT2D eigenvalue weighted by Crippen LogP contribution is -2.34. The van der Waals surface area contributed by atoms with E-state index in [-0.39, 0.29) is 5.76 Å². The average Bonchev–Trinajstić information content (AvgIpc) is 2.71. The Balaban J connectivity index is 2.14. The van der Waals surface area contributed by atoms with E-state index < -0.39 is 23.5 Å². The summed E-state index contributed by atoms with van der Waals surface area (Å²) in [5.41, 5.74) is 0. The molecular formula is C14H12O4S. The van der Waals surface area contributed by atoms with Gasteiger partial charge in [-0.2, -0.15) is 0 Å². The average molecular weight is 276 g/mol. The van der Waals surface area contributed by atoms with Gasteiger partial charge in [-0.25, -0.2) is 0 Å². The van der Waals surface area contributed by atoms with Crippen LogP contribution in [0.5, 0.6) is 0 Å². The standard InChI is InChI=1S/C14H12O4S/c1-8-7-12(16)13(14(17)18-8)11(15)6-5-10-4-3-9(2)19-10/h3-7,13H,1-2H3/b6-5+. The van der Waals surface area contributed by atoms with E-state index in [0.29, 0.717) is 0 Å². The number of esters is 1. The van der Waals surface area contributed by atoms with Gasteiger partial charge in [-0.15, -0.1) is 11.3 Å². The Kier molecular flexibility index (Phi) is 3.76. The molecule has 0 aliphatic carbocycles. The number of ether oxygens (including phenoxy) is 1. The minimum atomic E-state index is -1.36. The summed E-state index contributed by atoms with van der Waals surface area (Å²) in [5, 5.41) is 0. The molecule has 1 unspecified atom stereocenters. The van der Waals surface area contributed by atoms with Gasteiger partial charge in [0.25, 0.3) is 0 Å². The van der Waals surface area contributed by atoms with Crippen LogP contribution in [0, 0.1) is 12.8 Å². The number of hydrogen-bond donors (Lipinski definition) is 0. The number of carbonyl (C=O) groups is 3. The SMILES string of the molecule is CC1=CC(=O)C(C(=O)/C=C/c2ccc(C)s2)C(=O)O1. The van der Waals surface area contributed by atoms with Crippen LogP contribution in [-0.4, -0.2) is 17.5 Å². The lowest BCUT2D eigenvalue weighted by atomic mass is 9.96. The summed E-state index contributed by atoms with van der Waals surface area (Å²) in [6.07, 6.45) is 4.03. The maximum absolute atomic E-state index is 11.9. The lowest BCUT2D eigenvalue weighted by Gasteiger charge is -2.15. The van der Waals surface area contributed by atoms with E-state index in [2.05, 4.69) is 0 Å². The smallest absolute Gasteiger partial charge is 0.329 e. The molecule has 0 N–H and O–H groups in total. The summed E-state index contributed by atoms with van der Waals surface area (Å²) in [6.45, 7) is 3.46. The predicted molar refractivity (Wildman–Crippen MR) is 71.4 cm³/mol. The van der Waals surface area contributed by atoms with Gasteiger partial charge in [0.2, 0.25) is 0 Å². The van der Waals surface area contributed by atoms with Crippen molar-refractivity contribution in [2.45, 2.75) is 13.8 Å². The molecular weight excluding hydrogens is 264 g/mol. The summed E-state index contributed by atoms with van der Waals surface area (Å²) in [6, 6.07) is 3.80. The van der Waals surface area contributed by atoms with Gasteiger partial charge >= 0.3 is 5.97 Å². The monoisotopic (exact) mass is 276 g/mol. The van der Waals surface area contributed by atoms with E-state index in [4.69, 9.17) is 4.74 Å². The second-order valence-electron chi connectivity index (χ2n) is 4.20. The highest BCUT2D eigenvalue weighted by Gasteiger charge is 2.36. The molecule has 98 valence electrons. The molecule has 1 aromatic rings. The highest BCUT2D eigenvalue weighted by Crippen LogP contribution is 2.19. The Hall–Kier alpha value is -2.01. The molecule has 5 heteroatoms. The largest absolute Gasteiger partial charge is 0.430 e. The van der Waals surface area contributed by atoms with Crippen molar-refractivity contribution in [3.8, 4) is 0 Å². The van der Waals surface area contributed by atoms with Crippen LogP contribution in [-0.2, 0) is 19.1 Å². The molecule has 0 saturated heterocycles. The number of rotatable bonds is 3. The van der Waals surface area contributed by atoms with Crippen molar-refractivity contribution in [2.24, 2.45) is 5.92 Å². The van der Waals surface area contributed by atoms with Crippen molar-refractivity contribution in [1.29, 1.82) is 0 Å². The van der Waals surface area contributed by atoms with Crippen LogP contribution in [0.3, 0.4) is 0 Å². The molecule has 0 fully saturated rings. The first-order valence-electron chi connectivity index (χ1n) is 5.69. The van der Waals surface area contributed by atoms with Crippen molar-refractivity contribution in [3.63, 3.8) is 0 Å². The van der Waals surface area contributed by atoms with E-state index in [9.17, 15) is 14.4 Å². The number of aryl methyl sites for hydroxylation is 1. The molecule has 1 aromatic heterocycles. The van der Waals surface area contributed by atoms with Crippen LogP contribution >= 0.6 is 11.3 Å². The number of ketones is 2. The molecule has 0 radical (unpaired) electrons. The van der Waals surface area contributed by atoms with Gasteiger partial charge in [-0.05, 0) is 38.1 Å². The molecule has 2 rings (SSSR count). The molecule has 0 amide bonds. The minimum absolute atomic E-state index is 0.219. The van der Waals surface area contributed by atoms with Crippen LogP contribution in [0.2, 0.25) is 0 Å². The summed E-state index contributed by atoms with van der Waals surface area (Å²) in [5.74, 6) is -3.02. The fraction of sp³-hybridized carbons (Fsp3) is 0.214. The molecule has 0 aromatic carbocycles. The summed E-state index contributed by atoms with van der Waals surface area (Å²) in [7, 11) is 0. The van der Waals surface area contributed by atoms with Gasteiger partial charge in [0.1, 0.15) is 5.76 Å². The Morgan fingerprint density at radius 1 is 1.32 bits per heavy atom. The number of hydrogen-bond acceptors (Lipinski definition) is 5.